The van der Waals surface area contributed by atoms with Crippen LogP contribution in [0.15, 0.2) is 0 Å². The van der Waals surface area contributed by atoms with E-state index in [1.807, 2.05) is 13.8 Å². The van der Waals surface area contributed by atoms with Crippen LogP contribution in [0.4, 0.5) is 0 Å². The second-order valence-electron chi connectivity index (χ2n) is 6.86. The SMILES string of the molecule is CC1C2CC(C1C)C1(COC(C)(C)OC1)C2. The van der Waals surface area contributed by atoms with Gasteiger partial charge in [-0.05, 0) is 50.4 Å². The van der Waals surface area contributed by atoms with Gasteiger partial charge in [0.05, 0.1) is 13.2 Å². The molecule has 1 saturated heterocycles. The average Bonchev–Trinajstić information content (AvgIpc) is 2.72. The lowest BCUT2D eigenvalue weighted by Gasteiger charge is -2.48. The quantitative estimate of drug-likeness (QED) is 0.629. The first-order valence-electron chi connectivity index (χ1n) is 6.71. The second-order valence-corrected chi connectivity index (χ2v) is 6.86. The van der Waals surface area contributed by atoms with Gasteiger partial charge in [0, 0.05) is 5.41 Å². The van der Waals surface area contributed by atoms with Gasteiger partial charge in [0.2, 0.25) is 0 Å². The summed E-state index contributed by atoms with van der Waals surface area (Å²) in [5.41, 5.74) is 0.353. The molecule has 4 atom stereocenters. The highest BCUT2D eigenvalue weighted by Gasteiger charge is 2.59. The molecule has 4 unspecified atom stereocenters. The fraction of sp³-hybridized carbons (Fsp3) is 1.00. The fourth-order valence-corrected chi connectivity index (χ4v) is 4.35. The smallest absolute Gasteiger partial charge is 0.162 e. The van der Waals surface area contributed by atoms with Crippen molar-refractivity contribution in [3.05, 3.63) is 0 Å². The molecule has 1 spiro atoms. The van der Waals surface area contributed by atoms with Crippen molar-refractivity contribution in [1.29, 1.82) is 0 Å². The molecule has 3 aliphatic rings. The normalized spacial score (nSPS) is 48.8. The Labute approximate surface area is 98.7 Å². The molecule has 1 aliphatic heterocycles. The van der Waals surface area contributed by atoms with Crippen LogP contribution < -0.4 is 0 Å². The van der Waals surface area contributed by atoms with Gasteiger partial charge in [-0.2, -0.15) is 0 Å². The topological polar surface area (TPSA) is 18.5 Å². The Morgan fingerprint density at radius 3 is 2.12 bits per heavy atom. The van der Waals surface area contributed by atoms with Crippen LogP contribution in [0.1, 0.15) is 40.5 Å². The molecule has 2 heteroatoms. The van der Waals surface area contributed by atoms with Crippen LogP contribution in [0.3, 0.4) is 0 Å². The zero-order valence-corrected chi connectivity index (χ0v) is 11.0. The largest absolute Gasteiger partial charge is 0.350 e. The summed E-state index contributed by atoms with van der Waals surface area (Å²) in [5, 5.41) is 0. The van der Waals surface area contributed by atoms with Gasteiger partial charge in [0.15, 0.2) is 5.79 Å². The van der Waals surface area contributed by atoms with Gasteiger partial charge in [-0.15, -0.1) is 0 Å². The van der Waals surface area contributed by atoms with E-state index in [9.17, 15) is 0 Å². The molecule has 2 aliphatic carbocycles. The summed E-state index contributed by atoms with van der Waals surface area (Å²) in [4.78, 5) is 0. The van der Waals surface area contributed by atoms with E-state index in [2.05, 4.69) is 13.8 Å². The third-order valence-corrected chi connectivity index (χ3v) is 5.63. The third-order valence-electron chi connectivity index (χ3n) is 5.63. The summed E-state index contributed by atoms with van der Waals surface area (Å²) >= 11 is 0. The average molecular weight is 224 g/mol. The number of hydrogen-bond donors (Lipinski definition) is 0. The van der Waals surface area contributed by atoms with Gasteiger partial charge in [-0.3, -0.25) is 0 Å². The van der Waals surface area contributed by atoms with Crippen molar-refractivity contribution in [1.82, 2.24) is 0 Å². The van der Waals surface area contributed by atoms with E-state index in [1.54, 1.807) is 0 Å². The summed E-state index contributed by atoms with van der Waals surface area (Å²) in [5.74, 6) is 3.16. The van der Waals surface area contributed by atoms with E-state index in [4.69, 9.17) is 9.47 Å². The molecule has 0 aromatic rings. The maximum atomic E-state index is 5.92. The molecule has 2 bridgehead atoms. The van der Waals surface area contributed by atoms with E-state index in [0.29, 0.717) is 5.41 Å². The summed E-state index contributed by atoms with van der Waals surface area (Å²) < 4.78 is 11.8. The molecule has 2 saturated carbocycles. The van der Waals surface area contributed by atoms with E-state index in [0.717, 1.165) is 36.9 Å². The first-order valence-corrected chi connectivity index (χ1v) is 6.71. The molecule has 16 heavy (non-hydrogen) atoms. The number of hydrogen-bond acceptors (Lipinski definition) is 2. The van der Waals surface area contributed by atoms with Gasteiger partial charge in [-0.1, -0.05) is 13.8 Å². The van der Waals surface area contributed by atoms with Crippen LogP contribution in [-0.4, -0.2) is 19.0 Å². The van der Waals surface area contributed by atoms with Gasteiger partial charge in [0.25, 0.3) is 0 Å². The highest BCUT2D eigenvalue weighted by Crippen LogP contribution is 2.62. The third kappa shape index (κ3) is 1.39. The first-order chi connectivity index (χ1) is 7.44. The maximum absolute atomic E-state index is 5.92. The van der Waals surface area contributed by atoms with E-state index in [1.165, 1.54) is 12.8 Å². The highest BCUT2D eigenvalue weighted by molar-refractivity contribution is 5.06. The summed E-state index contributed by atoms with van der Waals surface area (Å²) in [6, 6.07) is 0. The first kappa shape index (κ1) is 11.0. The molecule has 0 radical (unpaired) electrons. The van der Waals surface area contributed by atoms with Gasteiger partial charge >= 0.3 is 0 Å². The van der Waals surface area contributed by atoms with Crippen LogP contribution in [-0.2, 0) is 9.47 Å². The molecule has 0 N–H and O–H groups in total. The minimum Gasteiger partial charge on any atom is -0.350 e. The highest BCUT2D eigenvalue weighted by atomic mass is 16.7. The number of ether oxygens (including phenoxy) is 2. The van der Waals surface area contributed by atoms with Crippen LogP contribution in [0.25, 0.3) is 0 Å². The van der Waals surface area contributed by atoms with Gasteiger partial charge in [-0.25, -0.2) is 0 Å². The predicted octanol–water partition coefficient (Wildman–Crippen LogP) is 3.07. The van der Waals surface area contributed by atoms with Crippen molar-refractivity contribution in [2.24, 2.45) is 29.1 Å². The Bertz CT molecular complexity index is 285. The van der Waals surface area contributed by atoms with E-state index in [-0.39, 0.29) is 5.79 Å². The maximum Gasteiger partial charge on any atom is 0.162 e. The summed E-state index contributed by atoms with van der Waals surface area (Å²) in [6.45, 7) is 10.7. The van der Waals surface area contributed by atoms with Crippen LogP contribution >= 0.6 is 0 Å². The Morgan fingerprint density at radius 1 is 1.00 bits per heavy atom. The molecule has 0 aromatic heterocycles. The fourth-order valence-electron chi connectivity index (χ4n) is 4.35. The van der Waals surface area contributed by atoms with Crippen molar-refractivity contribution in [3.63, 3.8) is 0 Å². The minimum absolute atomic E-state index is 0.353. The monoisotopic (exact) mass is 224 g/mol. The number of fused-ring (bicyclic) bond motifs is 3. The van der Waals surface area contributed by atoms with E-state index < -0.39 is 0 Å². The zero-order chi connectivity index (χ0) is 11.6. The molecule has 0 aromatic carbocycles. The molecule has 92 valence electrons. The Hall–Kier alpha value is -0.0800. The Kier molecular flexibility index (Phi) is 2.23. The molecule has 2 nitrogen and oxygen atoms in total. The molecule has 0 amide bonds. The predicted molar refractivity (Wildman–Crippen MR) is 63.0 cm³/mol. The standard InChI is InChI=1S/C14H24O2/c1-9-10(2)12-5-11(9)6-14(12)7-15-13(3,4)16-8-14/h9-12H,5-8H2,1-4H3. The zero-order valence-electron chi connectivity index (χ0n) is 11.0. The van der Waals surface area contributed by atoms with E-state index >= 15 is 0 Å². The lowest BCUT2D eigenvalue weighted by molar-refractivity contribution is -0.296. The summed E-state index contributed by atoms with van der Waals surface area (Å²) in [6.07, 6.45) is 2.74. The molecular formula is C14H24O2. The lowest BCUT2D eigenvalue weighted by atomic mass is 9.66. The number of rotatable bonds is 0. The van der Waals surface area contributed by atoms with Gasteiger partial charge < -0.3 is 9.47 Å². The summed E-state index contributed by atoms with van der Waals surface area (Å²) in [7, 11) is 0. The molecule has 3 fully saturated rings. The van der Waals surface area contributed by atoms with Gasteiger partial charge in [0.1, 0.15) is 0 Å². The minimum atomic E-state index is -0.359. The lowest BCUT2D eigenvalue weighted by Crippen LogP contribution is -2.51. The van der Waals surface area contributed by atoms with Crippen molar-refractivity contribution in [3.8, 4) is 0 Å². The van der Waals surface area contributed by atoms with Crippen molar-refractivity contribution < 1.29 is 9.47 Å². The second kappa shape index (κ2) is 3.23. The Balaban J connectivity index is 1.78. The van der Waals surface area contributed by atoms with Crippen LogP contribution in [0.2, 0.25) is 0 Å². The van der Waals surface area contributed by atoms with Crippen LogP contribution in [0.5, 0.6) is 0 Å². The molecule has 3 rings (SSSR count). The molecule has 1 heterocycles. The molecular weight excluding hydrogens is 200 g/mol. The van der Waals surface area contributed by atoms with Crippen molar-refractivity contribution >= 4 is 0 Å². The van der Waals surface area contributed by atoms with Crippen LogP contribution in [0, 0.1) is 29.1 Å². The van der Waals surface area contributed by atoms with Crippen molar-refractivity contribution in [2.75, 3.05) is 13.2 Å². The van der Waals surface area contributed by atoms with Crippen molar-refractivity contribution in [2.45, 2.75) is 46.3 Å². The Morgan fingerprint density at radius 2 is 1.62 bits per heavy atom.